The van der Waals surface area contributed by atoms with E-state index in [0.717, 1.165) is 54.7 Å². The summed E-state index contributed by atoms with van der Waals surface area (Å²) in [6, 6.07) is 5.86. The van der Waals surface area contributed by atoms with E-state index in [1.807, 2.05) is 24.4 Å². The number of piperidine rings is 1. The van der Waals surface area contributed by atoms with Crippen LogP contribution in [0.4, 0.5) is 23.1 Å². The second kappa shape index (κ2) is 11.7. The summed E-state index contributed by atoms with van der Waals surface area (Å²) in [7, 11) is 0. The summed E-state index contributed by atoms with van der Waals surface area (Å²) < 4.78 is 5.27. The lowest BCUT2D eigenvalue weighted by Crippen LogP contribution is -2.39. The highest BCUT2D eigenvalue weighted by molar-refractivity contribution is 6.32. The van der Waals surface area contributed by atoms with Gasteiger partial charge in [-0.3, -0.25) is 14.6 Å². The van der Waals surface area contributed by atoms with E-state index in [1.165, 1.54) is 6.39 Å². The van der Waals surface area contributed by atoms with Crippen LogP contribution in [0.2, 0.25) is 5.02 Å². The molecule has 3 aliphatic heterocycles. The van der Waals surface area contributed by atoms with Gasteiger partial charge in [-0.25, -0.2) is 9.97 Å². The molecule has 2 aromatic heterocycles. The van der Waals surface area contributed by atoms with Crippen molar-refractivity contribution in [3.05, 3.63) is 64.7 Å². The van der Waals surface area contributed by atoms with E-state index in [4.69, 9.17) is 16.0 Å². The first-order valence-corrected chi connectivity index (χ1v) is 14.2. The van der Waals surface area contributed by atoms with Gasteiger partial charge in [0.05, 0.1) is 11.9 Å². The molecule has 3 N–H and O–H groups in total. The van der Waals surface area contributed by atoms with Gasteiger partial charge in [0, 0.05) is 54.9 Å². The molecule has 41 heavy (non-hydrogen) atoms. The molecule has 0 radical (unpaired) electrons. The molecule has 1 saturated heterocycles. The van der Waals surface area contributed by atoms with E-state index in [2.05, 4.69) is 35.9 Å². The van der Waals surface area contributed by atoms with Crippen LogP contribution in [0, 0.1) is 18.8 Å². The molecule has 1 aromatic carbocycles. The van der Waals surface area contributed by atoms with Crippen molar-refractivity contribution in [2.45, 2.75) is 45.4 Å². The molecular weight excluding hydrogens is 544 g/mol. The Bertz CT molecular complexity index is 1530. The Labute approximate surface area is 242 Å². The predicted octanol–water partition coefficient (Wildman–Crippen LogP) is 5.34. The van der Waals surface area contributed by atoms with Crippen LogP contribution >= 0.6 is 11.6 Å². The molecule has 1 unspecified atom stereocenters. The number of aromatic nitrogens is 3. The molecular formula is C29H31ClN8O3. The number of rotatable bonds is 4. The van der Waals surface area contributed by atoms with Crippen LogP contribution < -0.4 is 16.0 Å². The topological polar surface area (TPSA) is 138 Å². The van der Waals surface area contributed by atoms with Gasteiger partial charge in [0.1, 0.15) is 5.02 Å². The molecule has 0 saturated carbocycles. The van der Waals surface area contributed by atoms with Crippen molar-refractivity contribution in [1.82, 2.24) is 19.9 Å². The molecule has 12 heteroatoms. The molecule has 3 aliphatic rings. The normalized spacial score (nSPS) is 18.6. The molecule has 3 aromatic rings. The molecule has 1 atom stereocenters. The Balaban J connectivity index is 1.13. The van der Waals surface area contributed by atoms with Gasteiger partial charge in [0.15, 0.2) is 12.2 Å². The van der Waals surface area contributed by atoms with E-state index in [9.17, 15) is 9.59 Å². The molecule has 6 bridgehead atoms. The van der Waals surface area contributed by atoms with Gasteiger partial charge in [0.2, 0.25) is 17.6 Å². The van der Waals surface area contributed by atoms with Gasteiger partial charge < -0.3 is 25.3 Å². The van der Waals surface area contributed by atoms with Crippen molar-refractivity contribution in [1.29, 1.82) is 0 Å². The van der Waals surface area contributed by atoms with Crippen LogP contribution in [-0.4, -0.2) is 51.0 Å². The second-order valence-electron chi connectivity index (χ2n) is 10.7. The largest absolute Gasteiger partial charge is 0.438 e. The molecule has 0 aliphatic carbocycles. The van der Waals surface area contributed by atoms with Gasteiger partial charge in [-0.2, -0.15) is 4.98 Å². The molecule has 11 nitrogen and oxygen atoms in total. The van der Waals surface area contributed by atoms with Crippen LogP contribution in [0.15, 0.2) is 52.1 Å². The van der Waals surface area contributed by atoms with Gasteiger partial charge in [-0.05, 0) is 68.7 Å². The molecule has 2 amide bonds. The number of carbonyl (C=O) groups is 2. The zero-order valence-corrected chi connectivity index (χ0v) is 23.4. The lowest BCUT2D eigenvalue weighted by atomic mass is 9.92. The maximum absolute atomic E-state index is 13.2. The Morgan fingerprint density at radius 1 is 1.17 bits per heavy atom. The average molecular weight is 575 g/mol. The number of aryl methyl sites for hydroxylation is 2. The van der Waals surface area contributed by atoms with Crippen LogP contribution in [-0.2, 0) is 11.2 Å². The molecule has 6 rings (SSSR count). The first kappa shape index (κ1) is 26.9. The fraction of sp³-hybridized carbons (Fsp3) is 0.379. The Morgan fingerprint density at radius 3 is 2.83 bits per heavy atom. The van der Waals surface area contributed by atoms with Crippen molar-refractivity contribution in [3.63, 3.8) is 0 Å². The smallest absolute Gasteiger partial charge is 0.291 e. The Hall–Kier alpha value is -4.25. The number of hydrogen-bond acceptors (Lipinski definition) is 9. The number of benzene rings is 1. The minimum atomic E-state index is -0.141. The first-order chi connectivity index (χ1) is 19.9. The SMILES string of the molecule is Cc1ncoc1C(=O)N1CCC(CC(=O)Nc2ccc3cc2CCC2C=NC=C(C2)Nc2ncc(Cl)c(n2)N3)CC1. The number of nitrogens with zero attached hydrogens (tertiary/aromatic N) is 5. The minimum absolute atomic E-state index is 0.0298. The van der Waals surface area contributed by atoms with E-state index in [-0.39, 0.29) is 23.7 Å². The maximum atomic E-state index is 13.2. The van der Waals surface area contributed by atoms with Gasteiger partial charge in [0.25, 0.3) is 5.91 Å². The van der Waals surface area contributed by atoms with E-state index in [1.54, 1.807) is 24.2 Å². The average Bonchev–Trinajstić information content (AvgIpc) is 3.40. The van der Waals surface area contributed by atoms with E-state index < -0.39 is 0 Å². The first-order valence-electron chi connectivity index (χ1n) is 13.8. The molecule has 212 valence electrons. The summed E-state index contributed by atoms with van der Waals surface area (Å²) in [6.07, 6.45) is 11.0. The number of aliphatic imine (C=N–C) groups is 1. The monoisotopic (exact) mass is 574 g/mol. The summed E-state index contributed by atoms with van der Waals surface area (Å²) in [5.41, 5.74) is 4.16. The number of hydrogen-bond donors (Lipinski definition) is 3. The fourth-order valence-electron chi connectivity index (χ4n) is 5.49. The zero-order valence-electron chi connectivity index (χ0n) is 22.7. The van der Waals surface area contributed by atoms with Crippen molar-refractivity contribution in [3.8, 4) is 0 Å². The Kier molecular flexibility index (Phi) is 7.69. The fourth-order valence-corrected chi connectivity index (χ4v) is 5.63. The predicted molar refractivity (Wildman–Crippen MR) is 157 cm³/mol. The molecule has 5 heterocycles. The maximum Gasteiger partial charge on any atom is 0.291 e. The number of amides is 2. The standard InChI is InChI=1S/C29H31ClN8O3/c1-17-26(41-16-33-17)28(40)38-8-6-18(7-9-38)11-25(39)36-24-5-4-21-12-20(24)3-2-19-10-22(14-31-13-19)35-29-32-15-23(30)27(34-21)37-29/h4-5,12-16,18-19H,2-3,6-11H2,1H3,(H,36,39)(H2,32,34,35,37). The quantitative estimate of drug-likeness (QED) is 0.379. The highest BCUT2D eigenvalue weighted by atomic mass is 35.5. The van der Waals surface area contributed by atoms with Crippen molar-refractivity contribution in [2.24, 2.45) is 16.8 Å². The van der Waals surface area contributed by atoms with Crippen LogP contribution in [0.25, 0.3) is 0 Å². The minimum Gasteiger partial charge on any atom is -0.438 e. The lowest BCUT2D eigenvalue weighted by molar-refractivity contribution is -0.117. The summed E-state index contributed by atoms with van der Waals surface area (Å²) >= 11 is 6.38. The van der Waals surface area contributed by atoms with E-state index >= 15 is 0 Å². The summed E-state index contributed by atoms with van der Waals surface area (Å²) in [5, 5.41) is 10.1. The second-order valence-corrected chi connectivity index (χ2v) is 11.1. The van der Waals surface area contributed by atoms with Gasteiger partial charge >= 0.3 is 0 Å². The lowest BCUT2D eigenvalue weighted by Gasteiger charge is -2.31. The van der Waals surface area contributed by atoms with Crippen molar-refractivity contribution in [2.75, 3.05) is 29.0 Å². The number of halogens is 1. The highest BCUT2D eigenvalue weighted by Crippen LogP contribution is 2.31. The zero-order chi connectivity index (χ0) is 28.3. The number of likely N-dealkylation sites (tertiary alicyclic amines) is 1. The number of fused-ring (bicyclic) bond motifs is 6. The van der Waals surface area contributed by atoms with Crippen LogP contribution in [0.1, 0.15) is 53.9 Å². The van der Waals surface area contributed by atoms with Gasteiger partial charge in [-0.15, -0.1) is 0 Å². The number of nitrogens with one attached hydrogen (secondary N) is 3. The summed E-state index contributed by atoms with van der Waals surface area (Å²) in [5.74, 6) is 1.50. The summed E-state index contributed by atoms with van der Waals surface area (Å²) in [4.78, 5) is 44.9. The number of allylic oxidation sites excluding steroid dienone is 1. The number of oxazole rings is 1. The third-order valence-electron chi connectivity index (χ3n) is 7.77. The Morgan fingerprint density at radius 2 is 2.02 bits per heavy atom. The van der Waals surface area contributed by atoms with Gasteiger partial charge in [-0.1, -0.05) is 11.6 Å². The van der Waals surface area contributed by atoms with E-state index in [0.29, 0.717) is 47.8 Å². The third-order valence-corrected chi connectivity index (χ3v) is 8.04. The van der Waals surface area contributed by atoms with Crippen LogP contribution in [0.5, 0.6) is 0 Å². The van der Waals surface area contributed by atoms with Crippen molar-refractivity contribution >= 4 is 52.8 Å². The number of carbonyl (C=O) groups excluding carboxylic acids is 2. The third kappa shape index (κ3) is 6.25. The highest BCUT2D eigenvalue weighted by Gasteiger charge is 2.28. The van der Waals surface area contributed by atoms with Crippen molar-refractivity contribution < 1.29 is 14.0 Å². The molecule has 0 spiro atoms. The summed E-state index contributed by atoms with van der Waals surface area (Å²) in [6.45, 7) is 2.93. The van der Waals surface area contributed by atoms with Crippen LogP contribution in [0.3, 0.4) is 0 Å². The number of anilines is 4. The molecule has 1 fully saturated rings.